The highest BCUT2D eigenvalue weighted by Gasteiger charge is 2.24. The molecule has 0 spiro atoms. The molecule has 0 bridgehead atoms. The number of hydrogen-bond acceptors (Lipinski definition) is 4. The van der Waals surface area contributed by atoms with Gasteiger partial charge in [0, 0.05) is 18.2 Å². The Balaban J connectivity index is 1.71. The van der Waals surface area contributed by atoms with Gasteiger partial charge in [-0.05, 0) is 42.7 Å². The van der Waals surface area contributed by atoms with Gasteiger partial charge in [-0.15, -0.1) is 0 Å². The number of amides is 2. The van der Waals surface area contributed by atoms with Crippen LogP contribution in [-0.4, -0.2) is 22.8 Å². The summed E-state index contributed by atoms with van der Waals surface area (Å²) in [5.74, 6) is -0.690. The summed E-state index contributed by atoms with van der Waals surface area (Å²) in [4.78, 5) is 34.8. The summed E-state index contributed by atoms with van der Waals surface area (Å²) in [6, 6.07) is 11.2. The molecule has 7 nitrogen and oxygen atoms in total. The fraction of sp³-hybridized carbons (Fsp3) is 0.158. The Labute approximate surface area is 160 Å². The summed E-state index contributed by atoms with van der Waals surface area (Å²) < 4.78 is 0. The van der Waals surface area contributed by atoms with E-state index in [1.54, 1.807) is 30.3 Å². The summed E-state index contributed by atoms with van der Waals surface area (Å²) >= 11 is 5.77. The first-order valence-electron chi connectivity index (χ1n) is 8.27. The van der Waals surface area contributed by atoms with Gasteiger partial charge in [0.2, 0.25) is 5.91 Å². The average Bonchev–Trinajstić information content (AvgIpc) is 3.45. The number of hydrogen-bond donors (Lipinski definition) is 2. The Bertz CT molecular complexity index is 938. The van der Waals surface area contributed by atoms with Crippen LogP contribution < -0.4 is 10.6 Å². The van der Waals surface area contributed by atoms with E-state index in [2.05, 4.69) is 10.6 Å². The first-order chi connectivity index (χ1) is 12.9. The first kappa shape index (κ1) is 18.6. The fourth-order valence-electron chi connectivity index (χ4n) is 2.40. The maximum atomic E-state index is 12.3. The van der Waals surface area contributed by atoms with Gasteiger partial charge in [-0.25, -0.2) is 0 Å². The third kappa shape index (κ3) is 4.92. The van der Waals surface area contributed by atoms with Crippen molar-refractivity contribution in [1.82, 2.24) is 5.32 Å². The van der Waals surface area contributed by atoms with E-state index in [0.717, 1.165) is 12.8 Å². The summed E-state index contributed by atoms with van der Waals surface area (Å²) in [5, 5.41) is 16.5. The van der Waals surface area contributed by atoms with Crippen molar-refractivity contribution in [2.75, 3.05) is 5.32 Å². The molecule has 0 radical (unpaired) electrons. The van der Waals surface area contributed by atoms with Crippen LogP contribution in [0.2, 0.25) is 5.02 Å². The van der Waals surface area contributed by atoms with Crippen molar-refractivity contribution in [3.05, 3.63) is 74.8 Å². The van der Waals surface area contributed by atoms with Crippen LogP contribution in [0.1, 0.15) is 28.8 Å². The van der Waals surface area contributed by atoms with E-state index in [9.17, 15) is 19.7 Å². The monoisotopic (exact) mass is 385 g/mol. The minimum Gasteiger partial charge on any atom is -0.349 e. The molecule has 1 fully saturated rings. The molecule has 1 aliphatic carbocycles. The molecule has 3 rings (SSSR count). The molecular formula is C19H16ClN3O4. The van der Waals surface area contributed by atoms with Crippen LogP contribution in [0.5, 0.6) is 0 Å². The lowest BCUT2D eigenvalue weighted by Crippen LogP contribution is -2.26. The number of nitrogens with zero attached hydrogens (tertiary/aromatic N) is 1. The minimum atomic E-state index is -0.589. The van der Waals surface area contributed by atoms with Crippen LogP contribution in [0.15, 0.2) is 48.5 Å². The molecule has 1 aliphatic rings. The van der Waals surface area contributed by atoms with Gasteiger partial charge >= 0.3 is 0 Å². The SMILES string of the molecule is O=C(/C=C\c1ccc(Cl)c([N+](=O)[O-])c1)Nc1ccccc1C(=O)NC1CC1. The molecule has 0 aromatic heterocycles. The van der Waals surface area contributed by atoms with E-state index in [-0.39, 0.29) is 22.7 Å². The summed E-state index contributed by atoms with van der Waals surface area (Å²) in [7, 11) is 0. The van der Waals surface area contributed by atoms with Crippen molar-refractivity contribution in [2.24, 2.45) is 0 Å². The lowest BCUT2D eigenvalue weighted by molar-refractivity contribution is -0.384. The molecule has 2 amide bonds. The molecule has 8 heteroatoms. The van der Waals surface area contributed by atoms with E-state index in [4.69, 9.17) is 11.6 Å². The van der Waals surface area contributed by atoms with Gasteiger partial charge in [-0.3, -0.25) is 19.7 Å². The highest BCUT2D eigenvalue weighted by molar-refractivity contribution is 6.32. The van der Waals surface area contributed by atoms with Gasteiger partial charge in [-0.1, -0.05) is 29.8 Å². The Kier molecular flexibility index (Phi) is 5.52. The highest BCUT2D eigenvalue weighted by Crippen LogP contribution is 2.25. The zero-order chi connectivity index (χ0) is 19.4. The molecule has 0 atom stereocenters. The largest absolute Gasteiger partial charge is 0.349 e. The van der Waals surface area contributed by atoms with Crippen molar-refractivity contribution >= 4 is 40.9 Å². The summed E-state index contributed by atoms with van der Waals surface area (Å²) in [6.07, 6.45) is 4.61. The number of benzene rings is 2. The predicted molar refractivity (Wildman–Crippen MR) is 103 cm³/mol. The zero-order valence-corrected chi connectivity index (χ0v) is 14.9. The van der Waals surface area contributed by atoms with E-state index in [1.165, 1.54) is 24.3 Å². The molecule has 138 valence electrons. The van der Waals surface area contributed by atoms with Crippen LogP contribution >= 0.6 is 11.6 Å². The van der Waals surface area contributed by atoms with Crippen LogP contribution in [0.25, 0.3) is 6.08 Å². The van der Waals surface area contributed by atoms with Crippen molar-refractivity contribution < 1.29 is 14.5 Å². The summed E-state index contributed by atoms with van der Waals surface area (Å²) in [6.45, 7) is 0. The third-order valence-corrected chi connectivity index (χ3v) is 4.26. The number of rotatable bonds is 6. The van der Waals surface area contributed by atoms with Gasteiger partial charge in [0.25, 0.3) is 11.6 Å². The van der Waals surface area contributed by atoms with Crippen molar-refractivity contribution in [1.29, 1.82) is 0 Å². The van der Waals surface area contributed by atoms with Gasteiger partial charge < -0.3 is 10.6 Å². The molecule has 2 aromatic carbocycles. The second-order valence-electron chi connectivity index (χ2n) is 6.08. The smallest absolute Gasteiger partial charge is 0.288 e. The number of nitro benzene ring substituents is 1. The fourth-order valence-corrected chi connectivity index (χ4v) is 2.59. The van der Waals surface area contributed by atoms with Crippen molar-refractivity contribution in [3.63, 3.8) is 0 Å². The van der Waals surface area contributed by atoms with Crippen LogP contribution in [0.3, 0.4) is 0 Å². The normalized spacial score (nSPS) is 13.4. The lowest BCUT2D eigenvalue weighted by Gasteiger charge is -2.09. The molecule has 27 heavy (non-hydrogen) atoms. The van der Waals surface area contributed by atoms with Gasteiger partial charge in [0.15, 0.2) is 0 Å². The number of nitro groups is 1. The maximum absolute atomic E-state index is 12.3. The van der Waals surface area contributed by atoms with E-state index in [0.29, 0.717) is 16.8 Å². The quantitative estimate of drug-likeness (QED) is 0.448. The first-order valence-corrected chi connectivity index (χ1v) is 8.65. The van der Waals surface area contributed by atoms with E-state index in [1.807, 2.05) is 0 Å². The molecule has 0 saturated heterocycles. The van der Waals surface area contributed by atoms with Crippen LogP contribution in [0.4, 0.5) is 11.4 Å². The number of halogens is 1. The lowest BCUT2D eigenvalue weighted by atomic mass is 10.1. The van der Waals surface area contributed by atoms with Gasteiger partial charge in [0.1, 0.15) is 5.02 Å². The van der Waals surface area contributed by atoms with E-state index < -0.39 is 10.8 Å². The Morgan fingerprint density at radius 2 is 1.93 bits per heavy atom. The zero-order valence-electron chi connectivity index (χ0n) is 14.1. The molecule has 0 unspecified atom stereocenters. The van der Waals surface area contributed by atoms with Crippen molar-refractivity contribution in [3.8, 4) is 0 Å². The predicted octanol–water partition coefficient (Wildman–Crippen LogP) is 3.79. The van der Waals surface area contributed by atoms with Crippen LogP contribution in [0, 0.1) is 10.1 Å². The maximum Gasteiger partial charge on any atom is 0.288 e. The Morgan fingerprint density at radius 1 is 1.19 bits per heavy atom. The molecule has 0 aliphatic heterocycles. The number of carbonyl (C=O) groups excluding carboxylic acids is 2. The standard InChI is InChI=1S/C19H16ClN3O4/c20-15-9-5-12(11-17(15)23(26)27)6-10-18(24)22-16-4-2-1-3-14(16)19(25)21-13-7-8-13/h1-6,9-11,13H,7-8H2,(H,21,25)(H,22,24)/b10-6-. The topological polar surface area (TPSA) is 101 Å². The third-order valence-electron chi connectivity index (χ3n) is 3.94. The molecule has 0 heterocycles. The molecule has 2 aromatic rings. The Morgan fingerprint density at radius 3 is 2.63 bits per heavy atom. The molecule has 1 saturated carbocycles. The number of nitrogens with one attached hydrogen (secondary N) is 2. The minimum absolute atomic E-state index is 0.0252. The molecular weight excluding hydrogens is 370 g/mol. The highest BCUT2D eigenvalue weighted by atomic mass is 35.5. The second kappa shape index (κ2) is 8.01. The second-order valence-corrected chi connectivity index (χ2v) is 6.49. The average molecular weight is 386 g/mol. The van der Waals surface area contributed by atoms with Crippen molar-refractivity contribution in [2.45, 2.75) is 18.9 Å². The van der Waals surface area contributed by atoms with Gasteiger partial charge in [0.05, 0.1) is 16.2 Å². The van der Waals surface area contributed by atoms with Gasteiger partial charge in [-0.2, -0.15) is 0 Å². The Hall–Kier alpha value is -3.19. The molecule has 2 N–H and O–H groups in total. The summed E-state index contributed by atoms with van der Waals surface area (Å²) in [5.41, 5.74) is 1.00. The number of para-hydroxylation sites is 1. The number of carbonyl (C=O) groups is 2. The number of anilines is 1. The van der Waals surface area contributed by atoms with E-state index >= 15 is 0 Å². The van der Waals surface area contributed by atoms with Crippen LogP contribution in [-0.2, 0) is 4.79 Å².